The summed E-state index contributed by atoms with van der Waals surface area (Å²) in [5, 5.41) is 9.92. The van der Waals surface area contributed by atoms with Crippen molar-refractivity contribution in [3.63, 3.8) is 0 Å². The van der Waals surface area contributed by atoms with Gasteiger partial charge in [0.2, 0.25) is 0 Å². The first-order chi connectivity index (χ1) is 12.7. The Kier molecular flexibility index (Phi) is 5.81. The Labute approximate surface area is 161 Å². The van der Waals surface area contributed by atoms with E-state index in [0.717, 1.165) is 30.0 Å². The highest BCUT2D eigenvalue weighted by Crippen LogP contribution is 2.37. The average Bonchev–Trinajstić information content (AvgIpc) is 3.16. The van der Waals surface area contributed by atoms with E-state index in [1.807, 2.05) is 16.8 Å². The van der Waals surface area contributed by atoms with Crippen LogP contribution in [0.2, 0.25) is 0 Å². The molecule has 144 valence electrons. The number of carbonyl (C=O) groups is 1. The zero-order valence-electron chi connectivity index (χ0n) is 15.8. The Morgan fingerprint density at radius 3 is 2.81 bits per heavy atom. The molecule has 0 radical (unpaired) electrons. The summed E-state index contributed by atoms with van der Waals surface area (Å²) in [4.78, 5) is 17.4. The van der Waals surface area contributed by atoms with Crippen molar-refractivity contribution in [3.8, 4) is 0 Å². The molecule has 5 heterocycles. The lowest BCUT2D eigenvalue weighted by molar-refractivity contribution is -0.0142. The molecule has 5 nitrogen and oxygen atoms in total. The van der Waals surface area contributed by atoms with Crippen LogP contribution in [0.25, 0.3) is 0 Å². The largest absolute Gasteiger partial charge is 0.336 e. The van der Waals surface area contributed by atoms with Crippen molar-refractivity contribution < 1.29 is 4.79 Å². The van der Waals surface area contributed by atoms with Crippen LogP contribution in [-0.4, -0.2) is 61.1 Å². The van der Waals surface area contributed by atoms with Crippen LogP contribution in [0.5, 0.6) is 0 Å². The van der Waals surface area contributed by atoms with Gasteiger partial charge in [-0.1, -0.05) is 6.92 Å². The molecule has 2 N–H and O–H groups in total. The van der Waals surface area contributed by atoms with E-state index >= 15 is 0 Å². The van der Waals surface area contributed by atoms with Gasteiger partial charge in [0.1, 0.15) is 0 Å². The van der Waals surface area contributed by atoms with E-state index in [1.54, 1.807) is 11.3 Å². The number of likely N-dealkylation sites (tertiary alicyclic amines) is 1. The van der Waals surface area contributed by atoms with E-state index in [1.165, 1.54) is 58.4 Å². The molecule has 0 saturated carbocycles. The van der Waals surface area contributed by atoms with E-state index in [2.05, 4.69) is 27.4 Å². The van der Waals surface area contributed by atoms with Crippen LogP contribution in [0, 0.1) is 17.8 Å². The number of urea groups is 1. The lowest BCUT2D eigenvalue weighted by Gasteiger charge is -2.51. The van der Waals surface area contributed by atoms with Gasteiger partial charge in [-0.05, 0) is 74.5 Å². The molecular formula is C20H32N4OS. The second kappa shape index (κ2) is 8.28. The molecule has 5 rings (SSSR count). The van der Waals surface area contributed by atoms with Gasteiger partial charge in [0.05, 0.1) is 5.69 Å². The van der Waals surface area contributed by atoms with E-state index in [4.69, 9.17) is 0 Å². The third kappa shape index (κ3) is 4.41. The summed E-state index contributed by atoms with van der Waals surface area (Å²) in [6.45, 7) is 9.44. The average molecular weight is 377 g/mol. The van der Waals surface area contributed by atoms with Crippen molar-refractivity contribution in [2.24, 2.45) is 17.8 Å². The van der Waals surface area contributed by atoms with Crippen molar-refractivity contribution in [1.29, 1.82) is 0 Å². The maximum atomic E-state index is 12.1. The molecular weight excluding hydrogens is 344 g/mol. The predicted molar refractivity (Wildman–Crippen MR) is 108 cm³/mol. The maximum absolute atomic E-state index is 12.1. The molecule has 1 aromatic heterocycles. The minimum atomic E-state index is -0.0787. The van der Waals surface area contributed by atoms with Gasteiger partial charge in [0.15, 0.2) is 0 Å². The number of hydrogen-bond acceptors (Lipinski definition) is 4. The van der Waals surface area contributed by atoms with E-state index in [0.29, 0.717) is 6.04 Å². The van der Waals surface area contributed by atoms with Crippen LogP contribution in [0.15, 0.2) is 16.8 Å². The van der Waals surface area contributed by atoms with Gasteiger partial charge >= 0.3 is 6.03 Å². The summed E-state index contributed by atoms with van der Waals surface area (Å²) in [5.41, 5.74) is 0.883. The van der Waals surface area contributed by atoms with Crippen LogP contribution in [0.1, 0.15) is 32.6 Å². The van der Waals surface area contributed by atoms with Gasteiger partial charge in [-0.25, -0.2) is 4.79 Å². The third-order valence-corrected chi connectivity index (χ3v) is 7.34. The number of thiophene rings is 1. The quantitative estimate of drug-likeness (QED) is 0.829. The fourth-order valence-electron chi connectivity index (χ4n) is 4.97. The molecule has 4 fully saturated rings. The van der Waals surface area contributed by atoms with Gasteiger partial charge in [0.25, 0.3) is 0 Å². The van der Waals surface area contributed by atoms with E-state index < -0.39 is 0 Å². The summed E-state index contributed by atoms with van der Waals surface area (Å²) in [5.74, 6) is 2.58. The highest BCUT2D eigenvalue weighted by molar-refractivity contribution is 7.08. The summed E-state index contributed by atoms with van der Waals surface area (Å²) in [6.07, 6.45) is 5.32. The van der Waals surface area contributed by atoms with Gasteiger partial charge in [0, 0.05) is 31.1 Å². The monoisotopic (exact) mass is 376 g/mol. The molecule has 2 bridgehead atoms. The van der Waals surface area contributed by atoms with Crippen LogP contribution >= 0.6 is 11.3 Å². The number of piperidine rings is 4. The Hall–Kier alpha value is -1.11. The zero-order chi connectivity index (χ0) is 17.9. The predicted octanol–water partition coefficient (Wildman–Crippen LogP) is 3.31. The molecule has 1 unspecified atom stereocenters. The second-order valence-corrected chi connectivity index (χ2v) is 9.30. The summed E-state index contributed by atoms with van der Waals surface area (Å²) in [7, 11) is 0. The molecule has 26 heavy (non-hydrogen) atoms. The lowest BCUT2D eigenvalue weighted by atomic mass is 9.75. The summed E-state index contributed by atoms with van der Waals surface area (Å²) in [6, 6.07) is 2.37. The highest BCUT2D eigenvalue weighted by atomic mass is 32.1. The van der Waals surface area contributed by atoms with Gasteiger partial charge in [-0.2, -0.15) is 11.3 Å². The van der Waals surface area contributed by atoms with Crippen molar-refractivity contribution in [3.05, 3.63) is 16.8 Å². The van der Waals surface area contributed by atoms with Crippen LogP contribution in [0.4, 0.5) is 10.5 Å². The number of nitrogens with zero attached hydrogens (tertiary/aromatic N) is 2. The second-order valence-electron chi connectivity index (χ2n) is 8.52. The fraction of sp³-hybridized carbons (Fsp3) is 0.750. The molecule has 4 saturated heterocycles. The smallest absolute Gasteiger partial charge is 0.319 e. The maximum Gasteiger partial charge on any atom is 0.319 e. The summed E-state index contributed by atoms with van der Waals surface area (Å²) >= 11 is 1.60. The normalized spacial score (nSPS) is 32.5. The Bertz CT molecular complexity index is 585. The minimum Gasteiger partial charge on any atom is -0.336 e. The molecule has 6 heteroatoms. The molecule has 4 aliphatic heterocycles. The summed E-state index contributed by atoms with van der Waals surface area (Å²) < 4.78 is 0. The number of carbonyl (C=O) groups excluding carboxylic acids is 1. The number of rotatable bonds is 5. The first kappa shape index (κ1) is 18.3. The molecule has 1 aromatic rings. The Balaban J connectivity index is 1.22. The minimum absolute atomic E-state index is 0.0787. The topological polar surface area (TPSA) is 47.6 Å². The van der Waals surface area contributed by atoms with E-state index in [9.17, 15) is 4.79 Å². The standard InChI is InChI=1S/C20H32N4OS/c1-15-2-6-23(7-3-15)12-17-13-24-8-4-16(17)10-19(24)11-21-20(25)22-18-5-9-26-14-18/h5,9,14-17,19H,2-4,6-8,10-13H2,1H3,(H2,21,22,25)/t16-,17-,19+/m0/s1. The van der Waals surface area contributed by atoms with Crippen LogP contribution in [-0.2, 0) is 0 Å². The van der Waals surface area contributed by atoms with Crippen molar-refractivity contribution >= 4 is 23.1 Å². The molecule has 4 atom stereocenters. The van der Waals surface area contributed by atoms with Crippen molar-refractivity contribution in [2.75, 3.05) is 44.6 Å². The lowest BCUT2D eigenvalue weighted by Crippen LogP contribution is -2.58. The van der Waals surface area contributed by atoms with Crippen LogP contribution < -0.4 is 10.6 Å². The molecule has 2 amide bonds. The third-order valence-electron chi connectivity index (χ3n) is 6.66. The number of hydrogen-bond donors (Lipinski definition) is 2. The molecule has 4 aliphatic rings. The molecule has 0 aliphatic carbocycles. The number of fused-ring (bicyclic) bond motifs is 3. The zero-order valence-corrected chi connectivity index (χ0v) is 16.6. The van der Waals surface area contributed by atoms with Gasteiger partial charge in [-0.15, -0.1) is 0 Å². The first-order valence-corrected chi connectivity index (χ1v) is 11.1. The van der Waals surface area contributed by atoms with E-state index in [-0.39, 0.29) is 6.03 Å². The number of nitrogens with one attached hydrogen (secondary N) is 2. The highest BCUT2D eigenvalue weighted by Gasteiger charge is 2.40. The van der Waals surface area contributed by atoms with Gasteiger partial charge < -0.3 is 15.5 Å². The molecule has 0 spiro atoms. The van der Waals surface area contributed by atoms with Crippen molar-refractivity contribution in [1.82, 2.24) is 15.1 Å². The Morgan fingerprint density at radius 1 is 1.27 bits per heavy atom. The van der Waals surface area contributed by atoms with Gasteiger partial charge in [-0.3, -0.25) is 4.90 Å². The SMILES string of the molecule is CC1CCN(C[C@H]2CN3CC[C@H]2C[C@@H]3CNC(=O)Nc2ccsc2)CC1. The molecule has 0 aromatic carbocycles. The first-order valence-electron chi connectivity index (χ1n) is 10.2. The fourth-order valence-corrected chi connectivity index (χ4v) is 5.55. The Morgan fingerprint density at radius 2 is 2.12 bits per heavy atom. The number of anilines is 1. The van der Waals surface area contributed by atoms with Crippen LogP contribution in [0.3, 0.4) is 0 Å². The number of amides is 2. The van der Waals surface area contributed by atoms with Crippen molar-refractivity contribution in [2.45, 2.75) is 38.6 Å².